The average molecular weight is 422 g/mol. The molecule has 2 N–H and O–H groups in total. The highest BCUT2D eigenvalue weighted by Gasteiger charge is 2.34. The fourth-order valence-electron chi connectivity index (χ4n) is 4.25. The fraction of sp³-hybridized carbons (Fsp3) is 0.417. The summed E-state index contributed by atoms with van der Waals surface area (Å²) < 4.78 is 4.71. The molecule has 31 heavy (non-hydrogen) atoms. The molecule has 1 saturated carbocycles. The molecule has 2 aliphatic rings. The largest absolute Gasteiger partial charge is 0.453 e. The Hall–Kier alpha value is -2.57. The molecular weight excluding hydrogens is 392 g/mol. The normalized spacial score (nSPS) is 20.5. The van der Waals surface area contributed by atoms with Crippen LogP contribution in [0.4, 0.5) is 4.79 Å². The van der Waals surface area contributed by atoms with Crippen LogP contribution in [-0.2, 0) is 9.53 Å². The Morgan fingerprint density at radius 2 is 2.06 bits per heavy atom. The van der Waals surface area contributed by atoms with Gasteiger partial charge in [-0.05, 0) is 62.1 Å². The van der Waals surface area contributed by atoms with Gasteiger partial charge in [0.2, 0.25) is 5.91 Å². The Morgan fingerprint density at radius 1 is 1.29 bits per heavy atom. The number of carbonyl (C=O) groups is 2. The summed E-state index contributed by atoms with van der Waals surface area (Å²) in [6, 6.07) is 5.86. The summed E-state index contributed by atoms with van der Waals surface area (Å²) in [5.41, 5.74) is 3.01. The van der Waals surface area contributed by atoms with Gasteiger partial charge in [0, 0.05) is 24.9 Å². The highest BCUT2D eigenvalue weighted by Crippen LogP contribution is 2.34. The second kappa shape index (κ2) is 9.28. The van der Waals surface area contributed by atoms with Crippen LogP contribution in [0.1, 0.15) is 50.5 Å². The zero-order chi connectivity index (χ0) is 22.0. The first-order valence-corrected chi connectivity index (χ1v) is 10.8. The number of imidazole rings is 1. The van der Waals surface area contributed by atoms with Gasteiger partial charge in [-0.25, -0.2) is 9.78 Å². The highest BCUT2D eigenvalue weighted by atomic mass is 16.5. The maximum atomic E-state index is 13.1. The van der Waals surface area contributed by atoms with Crippen molar-refractivity contribution in [1.82, 2.24) is 20.2 Å². The van der Waals surface area contributed by atoms with Gasteiger partial charge in [-0.1, -0.05) is 19.9 Å². The van der Waals surface area contributed by atoms with Crippen LogP contribution in [0.5, 0.6) is 0 Å². The zero-order valence-corrected chi connectivity index (χ0v) is 18.2. The smallest absolute Gasteiger partial charge is 0.407 e. The summed E-state index contributed by atoms with van der Waals surface area (Å²) in [7, 11) is 1.33. The number of likely N-dealkylation sites (tertiary alicyclic amines) is 1. The number of benzene rings is 1. The quantitative estimate of drug-likeness (QED) is 0.744. The molecule has 7 nitrogen and oxygen atoms in total. The van der Waals surface area contributed by atoms with E-state index < -0.39 is 6.09 Å². The number of fused-ring (bicyclic) bond motifs is 1. The topological polar surface area (TPSA) is 87.3 Å². The van der Waals surface area contributed by atoms with Crippen LogP contribution in [0, 0.1) is 37.5 Å². The molecule has 2 amide bonds. The van der Waals surface area contributed by atoms with E-state index in [9.17, 15) is 9.59 Å². The number of methoxy groups -OCH3 is 1. The highest BCUT2D eigenvalue weighted by molar-refractivity contribution is 5.80. The summed E-state index contributed by atoms with van der Waals surface area (Å²) in [6.45, 7) is 4.67. The van der Waals surface area contributed by atoms with Crippen LogP contribution in [0.3, 0.4) is 0 Å². The van der Waals surface area contributed by atoms with Crippen molar-refractivity contribution in [2.45, 2.75) is 45.2 Å². The van der Waals surface area contributed by atoms with E-state index in [2.05, 4.69) is 35.3 Å². The lowest BCUT2D eigenvalue weighted by Gasteiger charge is -2.27. The van der Waals surface area contributed by atoms with Gasteiger partial charge in [0.05, 0.1) is 24.2 Å². The first-order chi connectivity index (χ1) is 15.0. The summed E-state index contributed by atoms with van der Waals surface area (Å²) in [4.78, 5) is 34.9. The number of rotatable bonds is 6. The molecule has 2 aromatic rings. The second-order valence-electron chi connectivity index (χ2n) is 8.46. The number of amides is 2. The van der Waals surface area contributed by atoms with E-state index in [0.29, 0.717) is 6.54 Å². The molecule has 5 radical (unpaired) electrons. The summed E-state index contributed by atoms with van der Waals surface area (Å²) in [5, 5.41) is 2.78. The summed E-state index contributed by atoms with van der Waals surface area (Å²) >= 11 is 0. The molecule has 2 atom stereocenters. The molecule has 1 aliphatic heterocycles. The number of aromatic nitrogens is 2. The Labute approximate surface area is 183 Å². The van der Waals surface area contributed by atoms with Gasteiger partial charge in [-0.2, -0.15) is 0 Å². The molecule has 2 heterocycles. The molecule has 4 rings (SSSR count). The van der Waals surface area contributed by atoms with Gasteiger partial charge in [-0.15, -0.1) is 0 Å². The van der Waals surface area contributed by atoms with Crippen molar-refractivity contribution in [2.75, 3.05) is 13.7 Å². The number of nitrogens with zero attached hydrogens (tertiary/aromatic N) is 2. The van der Waals surface area contributed by atoms with Crippen LogP contribution < -0.4 is 5.32 Å². The average Bonchev–Trinajstić information content (AvgIpc) is 3.52. The van der Waals surface area contributed by atoms with Crippen LogP contribution in [0.2, 0.25) is 0 Å². The van der Waals surface area contributed by atoms with E-state index in [4.69, 9.17) is 9.72 Å². The van der Waals surface area contributed by atoms with Crippen LogP contribution in [0.15, 0.2) is 18.2 Å². The first-order valence-electron chi connectivity index (χ1n) is 10.8. The minimum Gasteiger partial charge on any atom is -0.453 e. The lowest BCUT2D eigenvalue weighted by Crippen LogP contribution is -2.43. The van der Waals surface area contributed by atoms with Crippen molar-refractivity contribution < 1.29 is 14.3 Å². The molecule has 1 aromatic heterocycles. The third kappa shape index (κ3) is 4.70. The Balaban J connectivity index is 1.50. The molecule has 0 spiro atoms. The van der Waals surface area contributed by atoms with Crippen LogP contribution in [0.25, 0.3) is 11.0 Å². The SMILES string of the molecule is COC(=O)N[C@H](CC(=O)N1CCC[C@H]1c1nc2ccc([C]3[CH][CH][CH][CH]3)cc2[nH]1)C(C)C. The number of alkyl carbamates (subject to hydrolysis) is 1. The zero-order valence-electron chi connectivity index (χ0n) is 18.2. The van der Waals surface area contributed by atoms with Gasteiger partial charge < -0.3 is 19.9 Å². The van der Waals surface area contributed by atoms with Crippen molar-refractivity contribution in [3.63, 3.8) is 0 Å². The number of aromatic amines is 1. The predicted molar refractivity (Wildman–Crippen MR) is 118 cm³/mol. The molecule has 0 bridgehead atoms. The van der Waals surface area contributed by atoms with Gasteiger partial charge in [-0.3, -0.25) is 4.79 Å². The second-order valence-corrected chi connectivity index (χ2v) is 8.46. The lowest BCUT2D eigenvalue weighted by atomic mass is 9.97. The molecule has 7 heteroatoms. The minimum atomic E-state index is -0.512. The molecule has 1 aliphatic carbocycles. The monoisotopic (exact) mass is 421 g/mol. The van der Waals surface area contributed by atoms with E-state index in [0.717, 1.165) is 35.3 Å². The summed E-state index contributed by atoms with van der Waals surface area (Å²) in [5.74, 6) is 2.14. The predicted octanol–water partition coefficient (Wildman–Crippen LogP) is 3.75. The maximum absolute atomic E-state index is 13.1. The van der Waals surface area contributed by atoms with E-state index >= 15 is 0 Å². The molecule has 0 unspecified atom stereocenters. The molecular formula is C24H29N4O3. The van der Waals surface area contributed by atoms with E-state index in [-0.39, 0.29) is 30.3 Å². The fourth-order valence-corrected chi connectivity index (χ4v) is 4.25. The van der Waals surface area contributed by atoms with Crippen molar-refractivity contribution in [1.29, 1.82) is 0 Å². The summed E-state index contributed by atoms with van der Waals surface area (Å²) in [6.07, 6.45) is 9.76. The third-order valence-corrected chi connectivity index (χ3v) is 6.07. The number of carbonyl (C=O) groups excluding carboxylic acids is 2. The molecule has 163 valence electrons. The Kier molecular flexibility index (Phi) is 6.49. The first kappa shape index (κ1) is 21.7. The van der Waals surface area contributed by atoms with E-state index in [1.807, 2.05) is 37.7 Å². The Morgan fingerprint density at radius 3 is 2.77 bits per heavy atom. The van der Waals surface area contributed by atoms with E-state index in [1.54, 1.807) is 0 Å². The van der Waals surface area contributed by atoms with Crippen LogP contribution >= 0.6 is 0 Å². The van der Waals surface area contributed by atoms with Crippen LogP contribution in [-0.4, -0.2) is 46.6 Å². The number of nitrogens with one attached hydrogen (secondary N) is 2. The molecule has 2 fully saturated rings. The molecule has 1 aromatic carbocycles. The van der Waals surface area contributed by atoms with Gasteiger partial charge in [0.1, 0.15) is 5.82 Å². The standard InChI is InChI=1S/C24H29N4O3/c1-15(2)19(27-24(30)31-3)14-22(29)28-12-6-9-21(28)23-25-18-11-10-17(13-20(18)26-23)16-7-4-5-8-16/h4-5,7-8,10-11,13,15,19,21H,6,9,12,14H2,1-3H3,(H,25,26)(H,27,30)/t19-,21+/m1/s1. The van der Waals surface area contributed by atoms with Crippen molar-refractivity contribution in [3.8, 4) is 0 Å². The van der Waals surface area contributed by atoms with Gasteiger partial charge >= 0.3 is 6.09 Å². The number of H-pyrrole nitrogens is 1. The lowest BCUT2D eigenvalue weighted by molar-refractivity contribution is -0.133. The van der Waals surface area contributed by atoms with E-state index in [1.165, 1.54) is 13.0 Å². The van der Waals surface area contributed by atoms with Crippen molar-refractivity contribution >= 4 is 23.0 Å². The van der Waals surface area contributed by atoms with Crippen molar-refractivity contribution in [2.24, 2.45) is 5.92 Å². The number of hydrogen-bond donors (Lipinski definition) is 2. The number of hydrogen-bond acceptors (Lipinski definition) is 4. The third-order valence-electron chi connectivity index (χ3n) is 6.07. The maximum Gasteiger partial charge on any atom is 0.407 e. The molecule has 1 saturated heterocycles. The number of ether oxygens (including phenoxy) is 1. The van der Waals surface area contributed by atoms with Crippen molar-refractivity contribution in [3.05, 3.63) is 61.2 Å². The van der Waals surface area contributed by atoms with Gasteiger partial charge in [0.15, 0.2) is 0 Å². The Bertz CT molecular complexity index is 932. The van der Waals surface area contributed by atoms with Gasteiger partial charge in [0.25, 0.3) is 0 Å². The minimum absolute atomic E-state index is 0.0236.